The zero-order valence-corrected chi connectivity index (χ0v) is 13.8. The summed E-state index contributed by atoms with van der Waals surface area (Å²) >= 11 is 0. The molecule has 1 aromatic heterocycles. The number of aromatic nitrogens is 2. The van der Waals surface area contributed by atoms with E-state index in [2.05, 4.69) is 5.32 Å². The molecule has 2 aromatic rings. The van der Waals surface area contributed by atoms with Crippen molar-refractivity contribution < 1.29 is 9.59 Å². The fourth-order valence-electron chi connectivity index (χ4n) is 2.74. The van der Waals surface area contributed by atoms with Crippen molar-refractivity contribution in [2.75, 3.05) is 16.8 Å². The van der Waals surface area contributed by atoms with Crippen molar-refractivity contribution in [3.8, 4) is 0 Å². The molecule has 0 aliphatic carbocycles. The Kier molecular flexibility index (Phi) is 4.51. The Balaban J connectivity index is 1.67. The SMILES string of the molecule is Cn1c(=O)ccn(CC(=O)Nc2ccc(N3CCCC3=O)cc2)c1=O. The van der Waals surface area contributed by atoms with Gasteiger partial charge in [-0.15, -0.1) is 0 Å². The van der Waals surface area contributed by atoms with Crippen LogP contribution in [0.1, 0.15) is 12.8 Å². The standard InChI is InChI=1S/C17H18N4O4/c1-19-15(23)8-10-20(17(19)25)11-14(22)18-12-4-6-13(7-5-12)21-9-2-3-16(21)24/h4-8,10H,2-3,9,11H2,1H3,(H,18,22). The van der Waals surface area contributed by atoms with Crippen LogP contribution in [-0.2, 0) is 23.2 Å². The number of nitrogens with zero attached hydrogens (tertiary/aromatic N) is 3. The van der Waals surface area contributed by atoms with Gasteiger partial charge in [0.15, 0.2) is 0 Å². The molecule has 130 valence electrons. The summed E-state index contributed by atoms with van der Waals surface area (Å²) in [4.78, 5) is 48.8. The van der Waals surface area contributed by atoms with E-state index in [0.717, 1.165) is 21.2 Å². The Hall–Kier alpha value is -3.16. The maximum absolute atomic E-state index is 12.1. The average molecular weight is 342 g/mol. The molecule has 1 fully saturated rings. The molecule has 25 heavy (non-hydrogen) atoms. The molecule has 3 rings (SSSR count). The number of rotatable bonds is 4. The first-order valence-corrected chi connectivity index (χ1v) is 7.92. The van der Waals surface area contributed by atoms with E-state index in [9.17, 15) is 19.2 Å². The Morgan fingerprint density at radius 3 is 2.48 bits per heavy atom. The largest absolute Gasteiger partial charge is 0.331 e. The summed E-state index contributed by atoms with van der Waals surface area (Å²) in [6.07, 6.45) is 2.71. The zero-order chi connectivity index (χ0) is 18.0. The fraction of sp³-hybridized carbons (Fsp3) is 0.294. The number of hydrogen-bond acceptors (Lipinski definition) is 4. The van der Waals surface area contributed by atoms with Gasteiger partial charge in [0.2, 0.25) is 11.8 Å². The Labute approximate surface area is 143 Å². The smallest absolute Gasteiger partial charge is 0.325 e. The van der Waals surface area contributed by atoms with Gasteiger partial charge in [-0.3, -0.25) is 23.5 Å². The molecule has 0 unspecified atom stereocenters. The normalized spacial score (nSPS) is 14.0. The molecular weight excluding hydrogens is 324 g/mol. The average Bonchev–Trinajstić information content (AvgIpc) is 3.02. The van der Waals surface area contributed by atoms with Crippen LogP contribution in [0.3, 0.4) is 0 Å². The Bertz CT molecular complexity index is 927. The topological polar surface area (TPSA) is 93.4 Å². The highest BCUT2D eigenvalue weighted by Crippen LogP contribution is 2.22. The number of hydrogen-bond donors (Lipinski definition) is 1. The zero-order valence-electron chi connectivity index (χ0n) is 13.8. The van der Waals surface area contributed by atoms with Crippen LogP contribution in [0.5, 0.6) is 0 Å². The third-order valence-electron chi connectivity index (χ3n) is 4.11. The van der Waals surface area contributed by atoms with Gasteiger partial charge in [0.25, 0.3) is 5.56 Å². The summed E-state index contributed by atoms with van der Waals surface area (Å²) in [5.41, 5.74) is 0.396. The number of nitrogens with one attached hydrogen (secondary N) is 1. The molecule has 0 bridgehead atoms. The summed E-state index contributed by atoms with van der Waals surface area (Å²) in [6, 6.07) is 8.20. The summed E-state index contributed by atoms with van der Waals surface area (Å²) in [7, 11) is 1.36. The first-order chi connectivity index (χ1) is 12.0. The second-order valence-electron chi connectivity index (χ2n) is 5.87. The molecule has 1 aromatic carbocycles. The number of anilines is 2. The first-order valence-electron chi connectivity index (χ1n) is 7.92. The molecule has 0 radical (unpaired) electrons. The minimum atomic E-state index is -0.550. The van der Waals surface area contributed by atoms with Gasteiger partial charge in [-0.05, 0) is 30.7 Å². The van der Waals surface area contributed by atoms with E-state index in [0.29, 0.717) is 18.7 Å². The van der Waals surface area contributed by atoms with Crippen LogP contribution < -0.4 is 21.5 Å². The highest BCUT2D eigenvalue weighted by atomic mass is 16.2. The molecule has 2 amide bonds. The van der Waals surface area contributed by atoms with Gasteiger partial charge < -0.3 is 10.2 Å². The van der Waals surface area contributed by atoms with Crippen molar-refractivity contribution in [2.45, 2.75) is 19.4 Å². The maximum Gasteiger partial charge on any atom is 0.331 e. The minimum Gasteiger partial charge on any atom is -0.325 e. The van der Waals surface area contributed by atoms with Gasteiger partial charge in [-0.1, -0.05) is 0 Å². The van der Waals surface area contributed by atoms with E-state index in [1.54, 1.807) is 29.2 Å². The van der Waals surface area contributed by atoms with Crippen LogP contribution in [0.15, 0.2) is 46.1 Å². The molecule has 8 nitrogen and oxygen atoms in total. The van der Waals surface area contributed by atoms with Crippen LogP contribution in [0.4, 0.5) is 11.4 Å². The van der Waals surface area contributed by atoms with Crippen LogP contribution >= 0.6 is 0 Å². The van der Waals surface area contributed by atoms with E-state index >= 15 is 0 Å². The monoisotopic (exact) mass is 342 g/mol. The second-order valence-corrected chi connectivity index (χ2v) is 5.87. The summed E-state index contributed by atoms with van der Waals surface area (Å²) in [5.74, 6) is -0.281. The number of carbonyl (C=O) groups is 2. The van der Waals surface area contributed by atoms with E-state index < -0.39 is 11.2 Å². The third-order valence-corrected chi connectivity index (χ3v) is 4.11. The highest BCUT2D eigenvalue weighted by molar-refractivity contribution is 5.96. The molecular formula is C17H18N4O4. The summed E-state index contributed by atoms with van der Waals surface area (Å²) in [5, 5.41) is 2.69. The van der Waals surface area contributed by atoms with Crippen LogP contribution in [0, 0.1) is 0 Å². The first kappa shape index (κ1) is 16.7. The number of benzene rings is 1. The van der Waals surface area contributed by atoms with Crippen molar-refractivity contribution in [2.24, 2.45) is 7.05 Å². The quantitative estimate of drug-likeness (QED) is 0.865. The highest BCUT2D eigenvalue weighted by Gasteiger charge is 2.21. The molecule has 1 N–H and O–H groups in total. The fourth-order valence-corrected chi connectivity index (χ4v) is 2.74. The van der Waals surface area contributed by atoms with Gasteiger partial charge in [-0.2, -0.15) is 0 Å². The molecule has 0 atom stereocenters. The predicted octanol–water partition coefficient (Wildman–Crippen LogP) is 0.312. The minimum absolute atomic E-state index is 0.103. The van der Waals surface area contributed by atoms with Gasteiger partial charge >= 0.3 is 5.69 Å². The molecule has 1 aliphatic rings. The summed E-state index contributed by atoms with van der Waals surface area (Å²) in [6.45, 7) is 0.513. The number of amides is 2. The lowest BCUT2D eigenvalue weighted by Crippen LogP contribution is -2.38. The van der Waals surface area contributed by atoms with Crippen molar-refractivity contribution in [3.05, 3.63) is 57.4 Å². The van der Waals surface area contributed by atoms with Crippen molar-refractivity contribution in [1.29, 1.82) is 0 Å². The maximum atomic E-state index is 12.1. The van der Waals surface area contributed by atoms with Crippen LogP contribution in [0.25, 0.3) is 0 Å². The Morgan fingerprint density at radius 1 is 1.12 bits per heavy atom. The molecule has 0 saturated carbocycles. The van der Waals surface area contributed by atoms with Gasteiger partial charge in [0, 0.05) is 43.7 Å². The molecule has 1 saturated heterocycles. The summed E-state index contributed by atoms with van der Waals surface area (Å²) < 4.78 is 2.10. The molecule has 8 heteroatoms. The molecule has 1 aliphatic heterocycles. The van der Waals surface area contributed by atoms with E-state index in [4.69, 9.17) is 0 Å². The van der Waals surface area contributed by atoms with Crippen molar-refractivity contribution in [1.82, 2.24) is 9.13 Å². The van der Waals surface area contributed by atoms with Crippen molar-refractivity contribution in [3.63, 3.8) is 0 Å². The second kappa shape index (κ2) is 6.76. The number of carbonyl (C=O) groups excluding carboxylic acids is 2. The van der Waals surface area contributed by atoms with E-state index in [1.165, 1.54) is 19.3 Å². The van der Waals surface area contributed by atoms with Crippen molar-refractivity contribution >= 4 is 23.2 Å². The van der Waals surface area contributed by atoms with Gasteiger partial charge in [0.05, 0.1) is 0 Å². The third kappa shape index (κ3) is 3.52. The lowest BCUT2D eigenvalue weighted by molar-refractivity contribution is -0.117. The van der Waals surface area contributed by atoms with Crippen LogP contribution in [0.2, 0.25) is 0 Å². The van der Waals surface area contributed by atoms with E-state index in [-0.39, 0.29) is 18.4 Å². The molecule has 2 heterocycles. The Morgan fingerprint density at radius 2 is 1.84 bits per heavy atom. The lowest BCUT2D eigenvalue weighted by Gasteiger charge is -2.16. The van der Waals surface area contributed by atoms with E-state index in [1.807, 2.05) is 0 Å². The van der Waals surface area contributed by atoms with Gasteiger partial charge in [-0.25, -0.2) is 4.79 Å². The van der Waals surface area contributed by atoms with Gasteiger partial charge in [0.1, 0.15) is 6.54 Å². The van der Waals surface area contributed by atoms with Crippen LogP contribution in [-0.4, -0.2) is 27.5 Å². The predicted molar refractivity (Wildman–Crippen MR) is 92.6 cm³/mol. The molecule has 0 spiro atoms. The lowest BCUT2D eigenvalue weighted by atomic mass is 10.2.